The van der Waals surface area contributed by atoms with E-state index >= 15 is 0 Å². The first-order chi connectivity index (χ1) is 10.2. The molecule has 2 aromatic carbocycles. The third-order valence-electron chi connectivity index (χ3n) is 2.86. The summed E-state index contributed by atoms with van der Waals surface area (Å²) in [6.07, 6.45) is 0.663. The lowest BCUT2D eigenvalue weighted by Gasteiger charge is -2.07. The first-order valence-electron chi connectivity index (χ1n) is 6.67. The highest BCUT2D eigenvalue weighted by molar-refractivity contribution is 6.01. The monoisotopic (exact) mass is 283 g/mol. The molecule has 0 aliphatic heterocycles. The van der Waals surface area contributed by atoms with Crippen molar-refractivity contribution in [3.05, 3.63) is 60.2 Å². The number of para-hydroxylation sites is 1. The van der Waals surface area contributed by atoms with Crippen LogP contribution in [0.1, 0.15) is 18.9 Å². The fourth-order valence-corrected chi connectivity index (χ4v) is 1.80. The molecule has 0 saturated carbocycles. The maximum atomic E-state index is 11.7. The lowest BCUT2D eigenvalue weighted by molar-refractivity contribution is 0.252. The number of carbonyl (C=O) groups excluding carboxylic acids is 1. The molecular weight excluding hydrogens is 266 g/mol. The second-order valence-electron chi connectivity index (χ2n) is 4.39. The normalized spacial score (nSPS) is 11.0. The fraction of sp³-hybridized carbons (Fsp3) is 0.125. The zero-order valence-electron chi connectivity index (χ0n) is 11.7. The van der Waals surface area contributed by atoms with Gasteiger partial charge in [0.15, 0.2) is 0 Å². The second kappa shape index (κ2) is 7.09. The van der Waals surface area contributed by atoms with Crippen molar-refractivity contribution in [1.29, 1.82) is 0 Å². The molecule has 0 saturated heterocycles. The number of hydrogen-bond acceptors (Lipinski definition) is 3. The standard InChI is InChI=1S/C16H17N3O2/c1-2-15(12-8-10-14(20)11-9-12)18-19-16(21)17-13-6-4-3-5-7-13/h3-11,20H,2H2,1H3,(H2,17,19,21)/b18-15+. The van der Waals surface area contributed by atoms with Crippen LogP contribution in [0.15, 0.2) is 59.7 Å². The Hall–Kier alpha value is -2.82. The fourth-order valence-electron chi connectivity index (χ4n) is 1.80. The summed E-state index contributed by atoms with van der Waals surface area (Å²) in [5, 5.41) is 16.1. The highest BCUT2D eigenvalue weighted by Crippen LogP contribution is 2.11. The molecule has 0 aliphatic carbocycles. The largest absolute Gasteiger partial charge is 0.508 e. The van der Waals surface area contributed by atoms with E-state index in [9.17, 15) is 9.90 Å². The molecule has 108 valence electrons. The molecule has 0 unspecified atom stereocenters. The second-order valence-corrected chi connectivity index (χ2v) is 4.39. The maximum Gasteiger partial charge on any atom is 0.339 e. The molecule has 2 aromatic rings. The van der Waals surface area contributed by atoms with Crippen LogP contribution in [0.25, 0.3) is 0 Å². The minimum atomic E-state index is -0.397. The Morgan fingerprint density at radius 2 is 1.76 bits per heavy atom. The van der Waals surface area contributed by atoms with Gasteiger partial charge in [0.05, 0.1) is 5.71 Å². The van der Waals surface area contributed by atoms with Gasteiger partial charge in [-0.25, -0.2) is 10.2 Å². The van der Waals surface area contributed by atoms with Crippen LogP contribution in [0.5, 0.6) is 5.75 Å². The van der Waals surface area contributed by atoms with E-state index in [2.05, 4.69) is 15.8 Å². The molecule has 2 rings (SSSR count). The molecule has 2 amide bonds. The predicted octanol–water partition coefficient (Wildman–Crippen LogP) is 3.33. The topological polar surface area (TPSA) is 73.7 Å². The van der Waals surface area contributed by atoms with Crippen molar-refractivity contribution in [3.8, 4) is 5.75 Å². The third kappa shape index (κ3) is 4.35. The van der Waals surface area contributed by atoms with Gasteiger partial charge in [-0.05, 0) is 48.4 Å². The highest BCUT2D eigenvalue weighted by atomic mass is 16.3. The van der Waals surface area contributed by atoms with Gasteiger partial charge in [0.2, 0.25) is 0 Å². The number of rotatable bonds is 4. The Labute approximate surface area is 123 Å². The Bertz CT molecular complexity index is 622. The molecule has 0 bridgehead atoms. The number of carbonyl (C=O) groups is 1. The summed E-state index contributed by atoms with van der Waals surface area (Å²) < 4.78 is 0. The molecule has 0 spiro atoms. The number of hydrogen-bond donors (Lipinski definition) is 3. The van der Waals surface area contributed by atoms with Crippen molar-refractivity contribution >= 4 is 17.4 Å². The summed E-state index contributed by atoms with van der Waals surface area (Å²) >= 11 is 0. The number of urea groups is 1. The van der Waals surface area contributed by atoms with Crippen molar-refractivity contribution in [3.63, 3.8) is 0 Å². The molecular formula is C16H17N3O2. The van der Waals surface area contributed by atoms with Gasteiger partial charge in [-0.2, -0.15) is 5.10 Å². The number of nitrogens with zero attached hydrogens (tertiary/aromatic N) is 1. The van der Waals surface area contributed by atoms with Crippen LogP contribution in [0.2, 0.25) is 0 Å². The summed E-state index contributed by atoms with van der Waals surface area (Å²) in [7, 11) is 0. The quantitative estimate of drug-likeness (QED) is 0.595. The zero-order chi connectivity index (χ0) is 15.1. The van der Waals surface area contributed by atoms with Crippen molar-refractivity contribution in [2.45, 2.75) is 13.3 Å². The first kappa shape index (κ1) is 14.6. The van der Waals surface area contributed by atoms with Gasteiger partial charge in [-0.15, -0.1) is 0 Å². The number of amides is 2. The number of benzene rings is 2. The van der Waals surface area contributed by atoms with Gasteiger partial charge >= 0.3 is 6.03 Å². The third-order valence-corrected chi connectivity index (χ3v) is 2.86. The molecule has 5 heteroatoms. The maximum absolute atomic E-state index is 11.7. The molecule has 5 nitrogen and oxygen atoms in total. The average molecular weight is 283 g/mol. The summed E-state index contributed by atoms with van der Waals surface area (Å²) in [5.74, 6) is 0.198. The molecule has 0 heterocycles. The molecule has 0 radical (unpaired) electrons. The number of anilines is 1. The molecule has 0 aliphatic rings. The van der Waals surface area contributed by atoms with Crippen LogP contribution in [-0.2, 0) is 0 Å². The SMILES string of the molecule is CC/C(=N\NC(=O)Nc1ccccc1)c1ccc(O)cc1. The number of phenolic OH excluding ortho intramolecular Hbond substituents is 1. The van der Waals surface area contributed by atoms with E-state index < -0.39 is 6.03 Å². The molecule has 0 fully saturated rings. The van der Waals surface area contributed by atoms with Crippen molar-refractivity contribution in [1.82, 2.24) is 5.43 Å². The van der Waals surface area contributed by atoms with E-state index in [4.69, 9.17) is 0 Å². The number of hydrazone groups is 1. The Morgan fingerprint density at radius 1 is 1.10 bits per heavy atom. The van der Waals surface area contributed by atoms with Gasteiger partial charge in [-0.1, -0.05) is 25.1 Å². The van der Waals surface area contributed by atoms with E-state index in [1.54, 1.807) is 36.4 Å². The predicted molar refractivity (Wildman–Crippen MR) is 83.5 cm³/mol. The van der Waals surface area contributed by atoms with E-state index in [0.717, 1.165) is 11.3 Å². The minimum Gasteiger partial charge on any atom is -0.508 e. The van der Waals surface area contributed by atoms with E-state index in [0.29, 0.717) is 12.1 Å². The van der Waals surface area contributed by atoms with Crippen LogP contribution >= 0.6 is 0 Å². The summed E-state index contributed by atoms with van der Waals surface area (Å²) in [4.78, 5) is 11.7. The Morgan fingerprint density at radius 3 is 2.38 bits per heavy atom. The Kier molecular flexibility index (Phi) is 4.93. The van der Waals surface area contributed by atoms with E-state index in [1.165, 1.54) is 0 Å². The Balaban J connectivity index is 2.00. The number of nitrogens with one attached hydrogen (secondary N) is 2. The lowest BCUT2D eigenvalue weighted by Crippen LogP contribution is -2.25. The van der Waals surface area contributed by atoms with Crippen LogP contribution in [0, 0.1) is 0 Å². The number of aromatic hydroxyl groups is 1. The van der Waals surface area contributed by atoms with Crippen LogP contribution < -0.4 is 10.7 Å². The van der Waals surface area contributed by atoms with Crippen molar-refractivity contribution < 1.29 is 9.90 Å². The van der Waals surface area contributed by atoms with Crippen LogP contribution in [0.3, 0.4) is 0 Å². The van der Waals surface area contributed by atoms with Crippen molar-refractivity contribution in [2.75, 3.05) is 5.32 Å². The molecule has 0 aromatic heterocycles. The van der Waals surface area contributed by atoms with Gasteiger partial charge in [0.1, 0.15) is 5.75 Å². The zero-order valence-corrected chi connectivity index (χ0v) is 11.7. The summed E-state index contributed by atoms with van der Waals surface area (Å²) in [6, 6.07) is 15.4. The van der Waals surface area contributed by atoms with Gasteiger partial charge < -0.3 is 10.4 Å². The van der Waals surface area contributed by atoms with Gasteiger partial charge in [-0.3, -0.25) is 0 Å². The lowest BCUT2D eigenvalue weighted by atomic mass is 10.1. The van der Waals surface area contributed by atoms with E-state index in [-0.39, 0.29) is 5.75 Å². The summed E-state index contributed by atoms with van der Waals surface area (Å²) in [5.41, 5.74) is 4.76. The van der Waals surface area contributed by atoms with E-state index in [1.807, 2.05) is 25.1 Å². The number of phenols is 1. The smallest absolute Gasteiger partial charge is 0.339 e. The van der Waals surface area contributed by atoms with Gasteiger partial charge in [0, 0.05) is 5.69 Å². The molecule has 3 N–H and O–H groups in total. The average Bonchev–Trinajstić information content (AvgIpc) is 2.50. The van der Waals surface area contributed by atoms with Crippen LogP contribution in [-0.4, -0.2) is 16.8 Å². The van der Waals surface area contributed by atoms with Crippen LogP contribution in [0.4, 0.5) is 10.5 Å². The molecule has 0 atom stereocenters. The minimum absolute atomic E-state index is 0.198. The van der Waals surface area contributed by atoms with Gasteiger partial charge in [0.25, 0.3) is 0 Å². The summed E-state index contributed by atoms with van der Waals surface area (Å²) in [6.45, 7) is 1.95. The van der Waals surface area contributed by atoms with Crippen molar-refractivity contribution in [2.24, 2.45) is 5.10 Å². The first-order valence-corrected chi connectivity index (χ1v) is 6.67. The highest BCUT2D eigenvalue weighted by Gasteiger charge is 2.04. The molecule has 21 heavy (non-hydrogen) atoms.